The van der Waals surface area contributed by atoms with Crippen LogP contribution in [0.1, 0.15) is 13.3 Å². The summed E-state index contributed by atoms with van der Waals surface area (Å²) in [6, 6.07) is 0. The van der Waals surface area contributed by atoms with E-state index < -0.39 is 0 Å². The molecule has 0 aliphatic rings. The first-order valence-electron chi connectivity index (χ1n) is 3.14. The van der Waals surface area contributed by atoms with Crippen LogP contribution in [-0.2, 0) is 0 Å². The van der Waals surface area contributed by atoms with Gasteiger partial charge >= 0.3 is 0 Å². The summed E-state index contributed by atoms with van der Waals surface area (Å²) >= 11 is 0. The van der Waals surface area contributed by atoms with Gasteiger partial charge in [-0.25, -0.2) is 0 Å². The SMILES string of the molecule is CC=CNC(N)CCN. The zero-order valence-electron chi connectivity index (χ0n) is 5.80. The molecule has 3 nitrogen and oxygen atoms in total. The monoisotopic (exact) mass is 129 g/mol. The van der Waals surface area contributed by atoms with Crippen LogP contribution in [0.15, 0.2) is 12.3 Å². The van der Waals surface area contributed by atoms with E-state index in [4.69, 9.17) is 11.5 Å². The molecule has 0 rings (SSSR count). The molecule has 0 saturated heterocycles. The molecule has 9 heavy (non-hydrogen) atoms. The molecule has 1 unspecified atom stereocenters. The van der Waals surface area contributed by atoms with Crippen molar-refractivity contribution in [2.75, 3.05) is 6.54 Å². The molecule has 1 atom stereocenters. The summed E-state index contributed by atoms with van der Waals surface area (Å²) in [6.45, 7) is 2.56. The van der Waals surface area contributed by atoms with E-state index in [9.17, 15) is 0 Å². The van der Waals surface area contributed by atoms with E-state index in [-0.39, 0.29) is 6.17 Å². The van der Waals surface area contributed by atoms with Crippen LogP contribution in [0.3, 0.4) is 0 Å². The van der Waals surface area contributed by atoms with E-state index in [1.165, 1.54) is 0 Å². The van der Waals surface area contributed by atoms with E-state index in [0.29, 0.717) is 6.54 Å². The maximum Gasteiger partial charge on any atom is 0.0749 e. The minimum Gasteiger partial charge on any atom is -0.376 e. The lowest BCUT2D eigenvalue weighted by Crippen LogP contribution is -2.35. The summed E-state index contributed by atoms with van der Waals surface area (Å²) in [6.07, 6.45) is 4.53. The zero-order valence-corrected chi connectivity index (χ0v) is 5.80. The van der Waals surface area contributed by atoms with Gasteiger partial charge in [-0.1, -0.05) is 6.08 Å². The lowest BCUT2D eigenvalue weighted by molar-refractivity contribution is 0.570. The Kier molecular flexibility index (Phi) is 5.26. The second-order valence-corrected chi connectivity index (χ2v) is 1.85. The van der Waals surface area contributed by atoms with Gasteiger partial charge in [-0.15, -0.1) is 0 Å². The molecule has 54 valence electrons. The van der Waals surface area contributed by atoms with Crippen LogP contribution in [0, 0.1) is 0 Å². The van der Waals surface area contributed by atoms with E-state index in [1.807, 2.05) is 19.2 Å². The van der Waals surface area contributed by atoms with Gasteiger partial charge in [0, 0.05) is 0 Å². The molecule has 0 radical (unpaired) electrons. The number of allylic oxidation sites excluding steroid dienone is 1. The van der Waals surface area contributed by atoms with Gasteiger partial charge in [-0.2, -0.15) is 0 Å². The Labute approximate surface area is 56.1 Å². The molecule has 5 N–H and O–H groups in total. The Morgan fingerprint density at radius 2 is 2.33 bits per heavy atom. The van der Waals surface area contributed by atoms with Crippen molar-refractivity contribution in [2.45, 2.75) is 19.5 Å². The molecule has 0 fully saturated rings. The van der Waals surface area contributed by atoms with Gasteiger partial charge in [0.2, 0.25) is 0 Å². The summed E-state index contributed by atoms with van der Waals surface area (Å²) < 4.78 is 0. The van der Waals surface area contributed by atoms with Crippen LogP contribution >= 0.6 is 0 Å². The highest BCUT2D eigenvalue weighted by atomic mass is 15.0. The molecule has 0 aromatic heterocycles. The zero-order chi connectivity index (χ0) is 7.11. The van der Waals surface area contributed by atoms with Gasteiger partial charge in [0.05, 0.1) is 6.17 Å². The van der Waals surface area contributed by atoms with Crippen molar-refractivity contribution in [3.05, 3.63) is 12.3 Å². The second-order valence-electron chi connectivity index (χ2n) is 1.85. The minimum atomic E-state index is 0.00574. The lowest BCUT2D eigenvalue weighted by atomic mass is 10.3. The van der Waals surface area contributed by atoms with Crippen LogP contribution in [0.4, 0.5) is 0 Å². The fourth-order valence-electron chi connectivity index (χ4n) is 0.483. The number of nitrogens with one attached hydrogen (secondary N) is 1. The van der Waals surface area contributed by atoms with Crippen molar-refractivity contribution in [2.24, 2.45) is 11.5 Å². The molecule has 0 saturated carbocycles. The minimum absolute atomic E-state index is 0.00574. The molecule has 0 bridgehead atoms. The van der Waals surface area contributed by atoms with E-state index in [1.54, 1.807) is 0 Å². The molecule has 0 heterocycles. The Morgan fingerprint density at radius 1 is 1.67 bits per heavy atom. The predicted molar refractivity (Wildman–Crippen MR) is 39.6 cm³/mol. The van der Waals surface area contributed by atoms with Crippen molar-refractivity contribution in [1.82, 2.24) is 5.32 Å². The highest BCUT2D eigenvalue weighted by Crippen LogP contribution is 1.78. The summed E-state index contributed by atoms with van der Waals surface area (Å²) in [5.41, 5.74) is 10.8. The van der Waals surface area contributed by atoms with Gasteiger partial charge in [0.25, 0.3) is 0 Å². The third-order valence-electron chi connectivity index (χ3n) is 0.955. The first-order valence-corrected chi connectivity index (χ1v) is 3.14. The normalized spacial score (nSPS) is 14.1. The number of hydrogen-bond acceptors (Lipinski definition) is 3. The van der Waals surface area contributed by atoms with Crippen molar-refractivity contribution >= 4 is 0 Å². The van der Waals surface area contributed by atoms with Gasteiger partial charge in [-0.05, 0) is 26.1 Å². The van der Waals surface area contributed by atoms with Crippen molar-refractivity contribution in [1.29, 1.82) is 0 Å². The van der Waals surface area contributed by atoms with Gasteiger partial charge in [0.1, 0.15) is 0 Å². The summed E-state index contributed by atoms with van der Waals surface area (Å²) in [7, 11) is 0. The highest BCUT2D eigenvalue weighted by Gasteiger charge is 1.92. The Hall–Kier alpha value is -0.540. The number of rotatable bonds is 4. The van der Waals surface area contributed by atoms with Crippen molar-refractivity contribution < 1.29 is 0 Å². The van der Waals surface area contributed by atoms with Crippen LogP contribution in [0.25, 0.3) is 0 Å². The first-order chi connectivity index (χ1) is 4.31. The fourth-order valence-corrected chi connectivity index (χ4v) is 0.483. The fraction of sp³-hybridized carbons (Fsp3) is 0.667. The summed E-state index contributed by atoms with van der Waals surface area (Å²) in [5.74, 6) is 0. The summed E-state index contributed by atoms with van der Waals surface area (Å²) in [4.78, 5) is 0. The standard InChI is InChI=1S/C6H15N3/c1-2-5-9-6(8)3-4-7/h2,5-6,9H,3-4,7-8H2,1H3. The second kappa shape index (κ2) is 5.59. The van der Waals surface area contributed by atoms with E-state index in [0.717, 1.165) is 6.42 Å². The summed E-state index contributed by atoms with van der Waals surface area (Å²) in [5, 5.41) is 2.95. The Bertz CT molecular complexity index is 80.4. The van der Waals surface area contributed by atoms with E-state index in [2.05, 4.69) is 5.32 Å². The molecule has 0 spiro atoms. The predicted octanol–water partition coefficient (Wildman–Crippen LogP) is -0.257. The van der Waals surface area contributed by atoms with E-state index >= 15 is 0 Å². The lowest BCUT2D eigenvalue weighted by Gasteiger charge is -2.08. The quantitative estimate of drug-likeness (QED) is 0.458. The highest BCUT2D eigenvalue weighted by molar-refractivity contribution is 4.76. The maximum absolute atomic E-state index is 5.53. The van der Waals surface area contributed by atoms with Crippen molar-refractivity contribution in [3.63, 3.8) is 0 Å². The average Bonchev–Trinajstić information content (AvgIpc) is 1.85. The molecule has 0 aliphatic carbocycles. The molecule has 0 aromatic rings. The smallest absolute Gasteiger partial charge is 0.0749 e. The van der Waals surface area contributed by atoms with Crippen LogP contribution < -0.4 is 16.8 Å². The van der Waals surface area contributed by atoms with Crippen LogP contribution in [0.2, 0.25) is 0 Å². The number of nitrogens with two attached hydrogens (primary N) is 2. The first kappa shape index (κ1) is 8.46. The molecular formula is C6H15N3. The number of hydrogen-bond donors (Lipinski definition) is 3. The largest absolute Gasteiger partial charge is 0.376 e. The van der Waals surface area contributed by atoms with Crippen LogP contribution in [0.5, 0.6) is 0 Å². The molecule has 0 amide bonds. The van der Waals surface area contributed by atoms with Gasteiger partial charge in [0.15, 0.2) is 0 Å². The maximum atomic E-state index is 5.53. The topological polar surface area (TPSA) is 64.1 Å². The Balaban J connectivity index is 3.15. The molecule has 0 aliphatic heterocycles. The third-order valence-corrected chi connectivity index (χ3v) is 0.955. The average molecular weight is 129 g/mol. The third kappa shape index (κ3) is 5.33. The molecular weight excluding hydrogens is 114 g/mol. The molecule has 0 aromatic carbocycles. The molecule has 3 heteroatoms. The Morgan fingerprint density at radius 3 is 2.78 bits per heavy atom. The van der Waals surface area contributed by atoms with Gasteiger partial charge in [-0.3, -0.25) is 0 Å². The van der Waals surface area contributed by atoms with Crippen LogP contribution in [-0.4, -0.2) is 12.7 Å². The van der Waals surface area contributed by atoms with Crippen molar-refractivity contribution in [3.8, 4) is 0 Å². The van der Waals surface area contributed by atoms with Gasteiger partial charge < -0.3 is 16.8 Å².